The second-order valence-corrected chi connectivity index (χ2v) is 13.9. The Morgan fingerprint density at radius 2 is 1.51 bits per heavy atom. The zero-order valence-corrected chi connectivity index (χ0v) is 26.5. The third-order valence-corrected chi connectivity index (χ3v) is 10.0. The van der Waals surface area contributed by atoms with Gasteiger partial charge in [0.05, 0.1) is 31.2 Å². The first-order valence-electron chi connectivity index (χ1n) is 13.3. The number of nitrogens with zero attached hydrogens (tertiary/aromatic N) is 1. The molecule has 2 N–H and O–H groups in total. The molecule has 9 nitrogen and oxygen atoms in total. The van der Waals surface area contributed by atoms with Crippen molar-refractivity contribution in [1.29, 1.82) is 0 Å². The number of benzene rings is 4. The lowest BCUT2D eigenvalue weighted by Gasteiger charge is -2.24. The summed E-state index contributed by atoms with van der Waals surface area (Å²) in [6, 6.07) is 23.4. The maximum absolute atomic E-state index is 14.4. The van der Waals surface area contributed by atoms with E-state index in [1.165, 1.54) is 32.4 Å². The van der Waals surface area contributed by atoms with Crippen molar-refractivity contribution in [1.82, 2.24) is 4.31 Å². The molecule has 45 heavy (non-hydrogen) atoms. The first kappa shape index (κ1) is 34.2. The van der Waals surface area contributed by atoms with Crippen LogP contribution in [0.2, 0.25) is 5.02 Å². The van der Waals surface area contributed by atoms with Gasteiger partial charge in [-0.1, -0.05) is 84.4 Å². The van der Waals surface area contributed by atoms with Gasteiger partial charge in [0.2, 0.25) is 10.0 Å². The highest BCUT2D eigenvalue weighted by atomic mass is 35.5. The summed E-state index contributed by atoms with van der Waals surface area (Å²) in [4.78, 5) is 29.8. The van der Waals surface area contributed by atoms with Crippen molar-refractivity contribution in [2.45, 2.75) is 30.1 Å². The molecule has 0 aliphatic carbocycles. The van der Waals surface area contributed by atoms with Crippen LogP contribution in [0.1, 0.15) is 22.3 Å². The molecule has 0 unspecified atom stereocenters. The van der Waals surface area contributed by atoms with Gasteiger partial charge in [-0.3, -0.25) is 9.36 Å². The molecule has 0 aromatic heterocycles. The van der Waals surface area contributed by atoms with Gasteiger partial charge < -0.3 is 19.3 Å². The number of hydrogen-bond donors (Lipinski definition) is 2. The number of halogens is 3. The maximum Gasteiger partial charge on any atom is 0.399 e. The van der Waals surface area contributed by atoms with Gasteiger partial charge in [-0.2, -0.15) is 13.1 Å². The number of methoxy groups -OCH3 is 2. The van der Waals surface area contributed by atoms with Crippen LogP contribution in [0.15, 0.2) is 95.9 Å². The lowest BCUT2D eigenvalue weighted by atomic mass is 10.0. The summed E-state index contributed by atoms with van der Waals surface area (Å²) in [6.07, 6.45) is 0.111. The van der Waals surface area contributed by atoms with E-state index in [-0.39, 0.29) is 41.7 Å². The van der Waals surface area contributed by atoms with Crippen molar-refractivity contribution in [3.63, 3.8) is 0 Å². The molecule has 0 atom stereocenters. The number of rotatable bonds is 12. The lowest BCUT2D eigenvalue weighted by Crippen LogP contribution is -2.30. The van der Waals surface area contributed by atoms with Gasteiger partial charge >= 0.3 is 19.2 Å². The first-order chi connectivity index (χ1) is 21.2. The maximum atomic E-state index is 14.4. The zero-order valence-electron chi connectivity index (χ0n) is 24.1. The van der Waals surface area contributed by atoms with Crippen LogP contribution in [0.25, 0.3) is 11.1 Å². The van der Waals surface area contributed by atoms with Gasteiger partial charge in [0, 0.05) is 13.1 Å². The molecule has 14 heteroatoms. The summed E-state index contributed by atoms with van der Waals surface area (Å²) in [5, 5.41) is -0.630. The largest absolute Gasteiger partial charge is 0.495 e. The average Bonchev–Trinajstić information content (AvgIpc) is 3.00. The molecular weight excluding hydrogens is 651 g/mol. The van der Waals surface area contributed by atoms with Gasteiger partial charge in [-0.25, -0.2) is 8.42 Å². The Labute approximate surface area is 264 Å². The average molecular weight is 680 g/mol. The number of sulfonamides is 1. The number of carbonyl (C=O) groups is 1. The van der Waals surface area contributed by atoms with Crippen molar-refractivity contribution in [2.24, 2.45) is 0 Å². The van der Waals surface area contributed by atoms with Crippen molar-refractivity contribution >= 4 is 35.2 Å². The normalized spacial score (nSPS) is 12.3. The molecule has 0 fully saturated rings. The second kappa shape index (κ2) is 13.8. The van der Waals surface area contributed by atoms with Gasteiger partial charge in [-0.05, 0) is 46.0 Å². The minimum atomic E-state index is -5.88. The highest BCUT2D eigenvalue weighted by molar-refractivity contribution is 7.89. The fourth-order valence-electron chi connectivity index (χ4n) is 4.56. The summed E-state index contributed by atoms with van der Waals surface area (Å²) in [5.41, 5.74) is -2.40. The van der Waals surface area contributed by atoms with Crippen molar-refractivity contribution in [2.75, 3.05) is 14.2 Å². The summed E-state index contributed by atoms with van der Waals surface area (Å²) >= 11 is 6.03. The number of esters is 1. The van der Waals surface area contributed by atoms with E-state index in [1.54, 1.807) is 30.3 Å². The lowest BCUT2D eigenvalue weighted by molar-refractivity contribution is -0.139. The van der Waals surface area contributed by atoms with Crippen LogP contribution in [0.5, 0.6) is 5.75 Å². The van der Waals surface area contributed by atoms with Crippen molar-refractivity contribution < 1.29 is 45.8 Å². The topological polar surface area (TPSA) is 130 Å². The number of carbonyl (C=O) groups excluding carboxylic acids is 1. The second-order valence-electron chi connectivity index (χ2n) is 9.97. The molecule has 0 heterocycles. The first-order valence-corrected chi connectivity index (χ1v) is 16.7. The van der Waals surface area contributed by atoms with Crippen LogP contribution >= 0.6 is 19.2 Å². The van der Waals surface area contributed by atoms with E-state index in [2.05, 4.69) is 0 Å². The highest BCUT2D eigenvalue weighted by Gasteiger charge is 2.51. The van der Waals surface area contributed by atoms with Crippen LogP contribution in [0.3, 0.4) is 0 Å². The Bertz CT molecular complexity index is 1850. The van der Waals surface area contributed by atoms with E-state index in [1.807, 2.05) is 24.3 Å². The van der Waals surface area contributed by atoms with E-state index >= 15 is 0 Å². The predicted octanol–water partition coefficient (Wildman–Crippen LogP) is 6.35. The van der Waals surface area contributed by atoms with Crippen LogP contribution in [-0.4, -0.2) is 42.7 Å². The van der Waals surface area contributed by atoms with Gasteiger partial charge in [0.25, 0.3) is 0 Å². The number of para-hydroxylation sites is 1. The fourth-order valence-corrected chi connectivity index (χ4v) is 7.03. The third-order valence-electron chi connectivity index (χ3n) is 6.92. The molecule has 0 saturated heterocycles. The summed E-state index contributed by atoms with van der Waals surface area (Å²) in [7, 11) is -7.48. The van der Waals surface area contributed by atoms with Crippen LogP contribution < -0.4 is 4.74 Å². The molecule has 4 rings (SSSR count). The monoisotopic (exact) mass is 679 g/mol. The number of hydrogen-bond acceptors (Lipinski definition) is 6. The molecular formula is C31H29ClF2NO8PS. The molecule has 0 radical (unpaired) electrons. The van der Waals surface area contributed by atoms with E-state index in [0.29, 0.717) is 5.56 Å². The molecule has 4 aromatic rings. The summed E-state index contributed by atoms with van der Waals surface area (Å²) < 4.78 is 79.1. The van der Waals surface area contributed by atoms with Crippen molar-refractivity contribution in [3.8, 4) is 16.9 Å². The zero-order chi connectivity index (χ0) is 33.0. The fraction of sp³-hybridized carbons (Fsp3) is 0.194. The molecule has 0 bridgehead atoms. The summed E-state index contributed by atoms with van der Waals surface area (Å²) in [6.45, 7) is -0.458. The number of ether oxygens (including phenoxy) is 2. The molecule has 0 aliphatic rings. The Hall–Kier alpha value is -3.64. The van der Waals surface area contributed by atoms with Crippen LogP contribution in [0.4, 0.5) is 8.78 Å². The Morgan fingerprint density at radius 1 is 0.867 bits per heavy atom. The minimum absolute atomic E-state index is 0.0966. The minimum Gasteiger partial charge on any atom is -0.495 e. The standard InChI is InChI=1S/C31H29ClF2NO8PS/c1-42-28-8-3-4-9-29(28)45(40,41)35(20-23-12-15-26(27(32)17-23)31(33,34)44(37,38)39)19-21-10-13-24(14-11-21)25-7-5-6-22(16-25)18-30(36)43-2/h3-17H,18-20H2,1-2H3,(H2,37,38,39). The van der Waals surface area contributed by atoms with Gasteiger partial charge in [-0.15, -0.1) is 0 Å². The Kier molecular flexibility index (Phi) is 10.5. The quantitative estimate of drug-likeness (QED) is 0.131. The molecule has 0 saturated carbocycles. The van der Waals surface area contributed by atoms with Crippen LogP contribution in [-0.2, 0) is 49.3 Å². The number of alkyl halides is 2. The van der Waals surface area contributed by atoms with Gasteiger partial charge in [0.15, 0.2) is 0 Å². The smallest absolute Gasteiger partial charge is 0.399 e. The predicted molar refractivity (Wildman–Crippen MR) is 164 cm³/mol. The molecule has 238 valence electrons. The van der Waals surface area contributed by atoms with E-state index in [9.17, 15) is 26.6 Å². The van der Waals surface area contributed by atoms with Gasteiger partial charge in [0.1, 0.15) is 10.6 Å². The Morgan fingerprint density at radius 3 is 2.13 bits per heavy atom. The highest BCUT2D eigenvalue weighted by Crippen LogP contribution is 2.60. The molecule has 0 spiro atoms. The van der Waals surface area contributed by atoms with Crippen LogP contribution in [0, 0.1) is 0 Å². The third kappa shape index (κ3) is 7.78. The van der Waals surface area contributed by atoms with E-state index in [0.717, 1.165) is 39.2 Å². The molecule has 0 aliphatic heterocycles. The van der Waals surface area contributed by atoms with Crippen molar-refractivity contribution in [3.05, 3.63) is 118 Å². The summed E-state index contributed by atoms with van der Waals surface area (Å²) in [5.74, 6) is -0.273. The molecule has 0 amide bonds. The van der Waals surface area contributed by atoms with E-state index in [4.69, 9.17) is 30.9 Å². The molecule has 4 aromatic carbocycles. The van der Waals surface area contributed by atoms with E-state index < -0.39 is 33.9 Å². The SMILES string of the molecule is COC(=O)Cc1cccc(-c2ccc(CN(Cc3ccc(C(F)(F)P(=O)(O)O)c(Cl)c3)S(=O)(=O)c3ccccc3OC)cc2)c1. The Balaban J connectivity index is 1.68.